The molecule has 1 saturated heterocycles. The highest BCUT2D eigenvalue weighted by Crippen LogP contribution is 2.61. The summed E-state index contributed by atoms with van der Waals surface area (Å²) in [5.74, 6) is 0.656. The van der Waals surface area contributed by atoms with Crippen LogP contribution in [0.3, 0.4) is 0 Å². The first-order valence-corrected chi connectivity index (χ1v) is 6.91. The molecular formula is C10H16O3S. The first-order valence-electron chi connectivity index (χ1n) is 5.44. The lowest BCUT2D eigenvalue weighted by molar-refractivity contribution is 0.101. The molecule has 2 saturated carbocycles. The summed E-state index contributed by atoms with van der Waals surface area (Å²) >= 11 is 0. The Morgan fingerprint density at radius 2 is 2.14 bits per heavy atom. The lowest BCUT2D eigenvalue weighted by atomic mass is 9.79. The van der Waals surface area contributed by atoms with Crippen LogP contribution >= 0.6 is 0 Å². The third kappa shape index (κ3) is 1.04. The first kappa shape index (κ1) is 9.16. The zero-order valence-electron chi connectivity index (χ0n) is 8.40. The lowest BCUT2D eigenvalue weighted by Crippen LogP contribution is -2.46. The van der Waals surface area contributed by atoms with E-state index in [1.807, 2.05) is 6.92 Å². The van der Waals surface area contributed by atoms with Crippen molar-refractivity contribution in [3.8, 4) is 0 Å². The summed E-state index contributed by atoms with van der Waals surface area (Å²) in [5, 5.41) is -0.176. The molecule has 0 radical (unpaired) electrons. The van der Waals surface area contributed by atoms with E-state index in [0.29, 0.717) is 5.92 Å². The van der Waals surface area contributed by atoms with Gasteiger partial charge in [-0.1, -0.05) is 0 Å². The average molecular weight is 216 g/mol. The standard InChI is InChI=1S/C10H16O3S/c1-7-5-10-3-2-8(6-10)4-9(10)14(11,12)13-7/h7-9H,2-6H2,1H3. The van der Waals surface area contributed by atoms with Gasteiger partial charge in [-0.25, -0.2) is 0 Å². The molecule has 0 aromatic rings. The van der Waals surface area contributed by atoms with Gasteiger partial charge in [0.25, 0.3) is 10.1 Å². The van der Waals surface area contributed by atoms with Gasteiger partial charge < -0.3 is 0 Å². The molecule has 3 aliphatic rings. The van der Waals surface area contributed by atoms with Crippen LogP contribution in [0.2, 0.25) is 0 Å². The van der Waals surface area contributed by atoms with E-state index in [0.717, 1.165) is 25.7 Å². The van der Waals surface area contributed by atoms with Crippen molar-refractivity contribution in [2.24, 2.45) is 11.3 Å². The first-order chi connectivity index (χ1) is 6.52. The SMILES string of the molecule is CC1CC23CCC(CC2S(=O)(=O)O1)C3. The predicted molar refractivity (Wildman–Crippen MR) is 52.3 cm³/mol. The molecule has 0 aromatic carbocycles. The average Bonchev–Trinajstić information content (AvgIpc) is 2.57. The summed E-state index contributed by atoms with van der Waals surface area (Å²) in [6, 6.07) is 0. The van der Waals surface area contributed by atoms with E-state index in [1.54, 1.807) is 0 Å². The van der Waals surface area contributed by atoms with Crippen LogP contribution in [0.15, 0.2) is 0 Å². The van der Waals surface area contributed by atoms with Crippen molar-refractivity contribution in [2.45, 2.75) is 50.4 Å². The second-order valence-electron chi connectivity index (χ2n) is 5.30. The number of rotatable bonds is 0. The summed E-state index contributed by atoms with van der Waals surface area (Å²) in [5.41, 5.74) is 0.0984. The van der Waals surface area contributed by atoms with Crippen LogP contribution in [0.25, 0.3) is 0 Å². The highest BCUT2D eigenvalue weighted by Gasteiger charge is 2.60. The fourth-order valence-electron chi connectivity index (χ4n) is 3.96. The van der Waals surface area contributed by atoms with Crippen molar-refractivity contribution in [3.63, 3.8) is 0 Å². The van der Waals surface area contributed by atoms with E-state index in [4.69, 9.17) is 4.18 Å². The summed E-state index contributed by atoms with van der Waals surface area (Å²) in [7, 11) is -3.25. The van der Waals surface area contributed by atoms with Gasteiger partial charge in [0, 0.05) is 0 Å². The summed E-state index contributed by atoms with van der Waals surface area (Å²) in [6.07, 6.45) is 5.18. The molecule has 14 heavy (non-hydrogen) atoms. The fourth-order valence-corrected chi connectivity index (χ4v) is 6.05. The summed E-state index contributed by atoms with van der Waals surface area (Å²) in [4.78, 5) is 0. The molecule has 1 aliphatic heterocycles. The zero-order chi connectivity index (χ0) is 9.97. The molecule has 1 heterocycles. The third-order valence-electron chi connectivity index (χ3n) is 4.32. The van der Waals surface area contributed by atoms with Crippen LogP contribution in [0.4, 0.5) is 0 Å². The maximum Gasteiger partial charge on any atom is 0.271 e. The second-order valence-corrected chi connectivity index (χ2v) is 7.05. The van der Waals surface area contributed by atoms with Gasteiger partial charge in [0.2, 0.25) is 0 Å². The molecule has 4 unspecified atom stereocenters. The van der Waals surface area contributed by atoms with Crippen LogP contribution in [0.5, 0.6) is 0 Å². The molecule has 0 N–H and O–H groups in total. The van der Waals surface area contributed by atoms with Crippen LogP contribution in [-0.4, -0.2) is 19.8 Å². The zero-order valence-corrected chi connectivity index (χ0v) is 9.22. The molecule has 3 nitrogen and oxygen atoms in total. The Morgan fingerprint density at radius 3 is 2.86 bits per heavy atom. The van der Waals surface area contributed by atoms with E-state index in [2.05, 4.69) is 0 Å². The van der Waals surface area contributed by atoms with E-state index in [9.17, 15) is 8.42 Å². The Balaban J connectivity index is 2.05. The molecule has 3 rings (SSSR count). The Morgan fingerprint density at radius 1 is 1.36 bits per heavy atom. The minimum absolute atomic E-state index is 0.0984. The lowest BCUT2D eigenvalue weighted by Gasteiger charge is -2.40. The molecular weight excluding hydrogens is 200 g/mol. The normalized spacial score (nSPS) is 54.5. The van der Waals surface area contributed by atoms with Crippen LogP contribution in [0.1, 0.15) is 39.0 Å². The third-order valence-corrected chi connectivity index (χ3v) is 6.30. The molecule has 0 aromatic heterocycles. The molecule has 80 valence electrons. The van der Waals surface area contributed by atoms with E-state index >= 15 is 0 Å². The van der Waals surface area contributed by atoms with E-state index < -0.39 is 10.1 Å². The molecule has 3 fully saturated rings. The number of hydrogen-bond donors (Lipinski definition) is 0. The van der Waals surface area contributed by atoms with Crippen molar-refractivity contribution in [1.29, 1.82) is 0 Å². The highest BCUT2D eigenvalue weighted by molar-refractivity contribution is 7.87. The van der Waals surface area contributed by atoms with Crippen LogP contribution < -0.4 is 0 Å². The minimum atomic E-state index is -3.25. The number of fused-ring (bicyclic) bond motifs is 1. The van der Waals surface area contributed by atoms with Crippen molar-refractivity contribution in [1.82, 2.24) is 0 Å². The maximum atomic E-state index is 11.8. The maximum absolute atomic E-state index is 11.8. The molecule has 1 spiro atoms. The van der Waals surface area contributed by atoms with Gasteiger partial charge in [0.05, 0.1) is 11.4 Å². The van der Waals surface area contributed by atoms with Crippen molar-refractivity contribution in [2.75, 3.05) is 0 Å². The van der Waals surface area contributed by atoms with Crippen molar-refractivity contribution >= 4 is 10.1 Å². The van der Waals surface area contributed by atoms with Gasteiger partial charge >= 0.3 is 0 Å². The second kappa shape index (κ2) is 2.53. The Labute approximate surface area is 85.0 Å². The predicted octanol–water partition coefficient (Wildman–Crippen LogP) is 1.68. The van der Waals surface area contributed by atoms with Gasteiger partial charge in [0.15, 0.2) is 0 Å². The van der Waals surface area contributed by atoms with Gasteiger partial charge in [-0.15, -0.1) is 0 Å². The van der Waals surface area contributed by atoms with E-state index in [-0.39, 0.29) is 16.8 Å². The number of hydrogen-bond acceptors (Lipinski definition) is 3. The van der Waals surface area contributed by atoms with Gasteiger partial charge in [-0.2, -0.15) is 8.42 Å². The topological polar surface area (TPSA) is 43.4 Å². The molecule has 4 heteroatoms. The highest BCUT2D eigenvalue weighted by atomic mass is 32.2. The van der Waals surface area contributed by atoms with Gasteiger partial charge in [-0.05, 0) is 50.4 Å². The monoisotopic (exact) mass is 216 g/mol. The smallest absolute Gasteiger partial charge is 0.267 e. The molecule has 2 aliphatic carbocycles. The van der Waals surface area contributed by atoms with Crippen molar-refractivity contribution < 1.29 is 12.6 Å². The van der Waals surface area contributed by atoms with Gasteiger partial charge in [-0.3, -0.25) is 4.18 Å². The summed E-state index contributed by atoms with van der Waals surface area (Å²) in [6.45, 7) is 1.88. The Hall–Kier alpha value is -0.0900. The molecule has 4 atom stereocenters. The molecule has 0 amide bonds. The Bertz CT molecular complexity index is 362. The quantitative estimate of drug-likeness (QED) is 0.579. The fraction of sp³-hybridized carbons (Fsp3) is 1.00. The Kier molecular flexibility index (Phi) is 1.65. The van der Waals surface area contributed by atoms with Crippen LogP contribution in [0, 0.1) is 11.3 Å². The minimum Gasteiger partial charge on any atom is -0.267 e. The molecule has 2 bridgehead atoms. The van der Waals surface area contributed by atoms with Crippen LogP contribution in [-0.2, 0) is 14.3 Å². The van der Waals surface area contributed by atoms with E-state index in [1.165, 1.54) is 6.42 Å². The van der Waals surface area contributed by atoms with Gasteiger partial charge in [0.1, 0.15) is 0 Å². The largest absolute Gasteiger partial charge is 0.271 e. The van der Waals surface area contributed by atoms with Crippen molar-refractivity contribution in [3.05, 3.63) is 0 Å². The summed E-state index contributed by atoms with van der Waals surface area (Å²) < 4.78 is 28.8.